The topological polar surface area (TPSA) is 63.7 Å². The summed E-state index contributed by atoms with van der Waals surface area (Å²) in [5, 5.41) is 0.859. The van der Waals surface area contributed by atoms with Crippen molar-refractivity contribution in [3.8, 4) is 0 Å². The number of ether oxygens (including phenoxy) is 1. The fourth-order valence-electron chi connectivity index (χ4n) is 3.54. The number of amides is 1. The van der Waals surface area contributed by atoms with E-state index < -0.39 is 29.5 Å². The third-order valence-electron chi connectivity index (χ3n) is 5.27. The van der Waals surface area contributed by atoms with Crippen molar-refractivity contribution in [2.75, 3.05) is 12.0 Å². The Morgan fingerprint density at radius 1 is 0.886 bits per heavy atom. The number of anilines is 1. The van der Waals surface area contributed by atoms with Gasteiger partial charge < -0.3 is 4.74 Å². The molecule has 0 saturated heterocycles. The van der Waals surface area contributed by atoms with Gasteiger partial charge in [-0.3, -0.25) is 19.3 Å². The van der Waals surface area contributed by atoms with Gasteiger partial charge in [-0.2, -0.15) is 0 Å². The Kier molecular flexibility index (Phi) is 9.26. The molecule has 0 aliphatic heterocycles. The summed E-state index contributed by atoms with van der Waals surface area (Å²) in [5.41, 5.74) is 0.899. The van der Waals surface area contributed by atoms with Gasteiger partial charge in [-0.1, -0.05) is 40.9 Å². The molecule has 0 aliphatic rings. The molecule has 182 valence electrons. The maximum atomic E-state index is 13.9. The molecular formula is C26H21Cl3FNO4. The van der Waals surface area contributed by atoms with E-state index in [2.05, 4.69) is 4.74 Å². The average Bonchev–Trinajstić information content (AvgIpc) is 2.83. The predicted octanol–water partition coefficient (Wildman–Crippen LogP) is 7.09. The number of hydrogen-bond donors (Lipinski definition) is 0. The van der Waals surface area contributed by atoms with Crippen LogP contribution in [0.15, 0.2) is 66.7 Å². The highest BCUT2D eigenvalue weighted by molar-refractivity contribution is 6.32. The Hall–Kier alpha value is -2.93. The molecule has 5 nitrogen and oxygen atoms in total. The van der Waals surface area contributed by atoms with Crippen LogP contribution in [0.4, 0.5) is 10.1 Å². The maximum Gasteiger partial charge on any atom is 0.305 e. The SMILES string of the molecule is COC(=O)CCCC(=O)N(c1ccc(Cl)cc1)C(C(=O)c1ccc(Cl)cc1)c1ccc(F)cc1Cl. The van der Waals surface area contributed by atoms with Gasteiger partial charge in [-0.15, -0.1) is 0 Å². The van der Waals surface area contributed by atoms with Crippen LogP contribution in [-0.4, -0.2) is 24.8 Å². The number of nitrogens with zero attached hydrogens (tertiary/aromatic N) is 1. The first-order valence-corrected chi connectivity index (χ1v) is 11.7. The smallest absolute Gasteiger partial charge is 0.305 e. The normalized spacial score (nSPS) is 11.6. The van der Waals surface area contributed by atoms with Crippen molar-refractivity contribution in [1.82, 2.24) is 0 Å². The number of Topliss-reactive ketones (excluding diaryl/α,β-unsaturated/α-hetero) is 1. The minimum Gasteiger partial charge on any atom is -0.469 e. The molecule has 0 N–H and O–H groups in total. The lowest BCUT2D eigenvalue weighted by atomic mass is 9.94. The quantitative estimate of drug-likeness (QED) is 0.216. The number of carbonyl (C=O) groups is 3. The van der Waals surface area contributed by atoms with Crippen molar-refractivity contribution >= 4 is 58.1 Å². The van der Waals surface area contributed by atoms with Gasteiger partial charge in [0.05, 0.1) is 7.11 Å². The van der Waals surface area contributed by atoms with Crippen molar-refractivity contribution in [2.45, 2.75) is 25.3 Å². The molecule has 0 bridgehead atoms. The summed E-state index contributed by atoms with van der Waals surface area (Å²) in [7, 11) is 1.27. The molecule has 3 aromatic rings. The monoisotopic (exact) mass is 535 g/mol. The number of rotatable bonds is 9. The molecule has 1 atom stereocenters. The van der Waals surface area contributed by atoms with Crippen molar-refractivity contribution in [1.29, 1.82) is 0 Å². The van der Waals surface area contributed by atoms with Gasteiger partial charge in [0, 0.05) is 44.7 Å². The van der Waals surface area contributed by atoms with E-state index in [0.717, 1.165) is 6.07 Å². The van der Waals surface area contributed by atoms with E-state index in [4.69, 9.17) is 34.8 Å². The lowest BCUT2D eigenvalue weighted by molar-refractivity contribution is -0.140. The zero-order chi connectivity index (χ0) is 25.5. The molecule has 3 aromatic carbocycles. The highest BCUT2D eigenvalue weighted by atomic mass is 35.5. The number of ketones is 1. The third kappa shape index (κ3) is 6.82. The maximum absolute atomic E-state index is 13.9. The zero-order valence-electron chi connectivity index (χ0n) is 18.6. The summed E-state index contributed by atoms with van der Waals surface area (Å²) >= 11 is 18.4. The van der Waals surface area contributed by atoms with E-state index in [1.807, 2.05) is 0 Å². The van der Waals surface area contributed by atoms with Crippen LogP contribution in [-0.2, 0) is 14.3 Å². The van der Waals surface area contributed by atoms with Crippen LogP contribution in [0.25, 0.3) is 0 Å². The Balaban J connectivity index is 2.13. The molecule has 0 fully saturated rings. The van der Waals surface area contributed by atoms with E-state index in [0.29, 0.717) is 15.7 Å². The van der Waals surface area contributed by atoms with Crippen LogP contribution >= 0.6 is 34.8 Å². The van der Waals surface area contributed by atoms with Crippen molar-refractivity contribution in [3.05, 3.63) is 98.7 Å². The fourth-order valence-corrected chi connectivity index (χ4v) is 4.06. The van der Waals surface area contributed by atoms with Crippen molar-refractivity contribution < 1.29 is 23.5 Å². The molecule has 9 heteroatoms. The molecule has 35 heavy (non-hydrogen) atoms. The number of hydrogen-bond acceptors (Lipinski definition) is 4. The molecule has 0 heterocycles. The number of carbonyl (C=O) groups excluding carboxylic acids is 3. The Morgan fingerprint density at radius 2 is 1.49 bits per heavy atom. The first-order valence-electron chi connectivity index (χ1n) is 10.6. The minimum absolute atomic E-state index is 0.0152. The van der Waals surface area contributed by atoms with Crippen molar-refractivity contribution in [2.24, 2.45) is 0 Å². The average molecular weight is 537 g/mol. The molecule has 0 aliphatic carbocycles. The van der Waals surface area contributed by atoms with Crippen LogP contribution in [0, 0.1) is 5.82 Å². The second kappa shape index (κ2) is 12.2. The summed E-state index contributed by atoms with van der Waals surface area (Å²) < 4.78 is 18.5. The lowest BCUT2D eigenvalue weighted by Gasteiger charge is -2.32. The second-order valence-corrected chi connectivity index (χ2v) is 8.89. The summed E-state index contributed by atoms with van der Waals surface area (Å²) in [6, 6.07) is 15.0. The Labute approximate surface area is 217 Å². The molecule has 0 aromatic heterocycles. The van der Waals surface area contributed by atoms with Crippen LogP contribution in [0.3, 0.4) is 0 Å². The molecule has 1 amide bonds. The van der Waals surface area contributed by atoms with Crippen LogP contribution in [0.2, 0.25) is 15.1 Å². The van der Waals surface area contributed by atoms with Crippen molar-refractivity contribution in [3.63, 3.8) is 0 Å². The van der Waals surface area contributed by atoms with Crippen LogP contribution < -0.4 is 4.90 Å². The van der Waals surface area contributed by atoms with Gasteiger partial charge in [0.15, 0.2) is 5.78 Å². The molecule has 0 spiro atoms. The van der Waals surface area contributed by atoms with E-state index in [-0.39, 0.29) is 35.4 Å². The first-order chi connectivity index (χ1) is 16.7. The van der Waals surface area contributed by atoms with Gasteiger partial charge in [0.25, 0.3) is 0 Å². The lowest BCUT2D eigenvalue weighted by Crippen LogP contribution is -2.39. The van der Waals surface area contributed by atoms with Gasteiger partial charge in [0.2, 0.25) is 5.91 Å². The van der Waals surface area contributed by atoms with E-state index in [9.17, 15) is 18.8 Å². The zero-order valence-corrected chi connectivity index (χ0v) is 20.9. The van der Waals surface area contributed by atoms with Gasteiger partial charge in [-0.05, 0) is 67.1 Å². The second-order valence-electron chi connectivity index (χ2n) is 7.61. The number of benzene rings is 3. The number of esters is 1. The molecule has 1 unspecified atom stereocenters. The van der Waals surface area contributed by atoms with Crippen LogP contribution in [0.1, 0.15) is 41.2 Å². The predicted molar refractivity (Wildman–Crippen MR) is 135 cm³/mol. The minimum atomic E-state index is -1.23. The summed E-state index contributed by atoms with van der Waals surface area (Å²) in [5.74, 6) is -1.93. The fraction of sp³-hybridized carbons (Fsp3) is 0.192. The molecule has 0 radical (unpaired) electrons. The van der Waals surface area contributed by atoms with Gasteiger partial charge in [-0.25, -0.2) is 4.39 Å². The molecular weight excluding hydrogens is 516 g/mol. The highest BCUT2D eigenvalue weighted by Crippen LogP contribution is 2.36. The summed E-state index contributed by atoms with van der Waals surface area (Å²) in [6.45, 7) is 0. The third-order valence-corrected chi connectivity index (χ3v) is 6.10. The summed E-state index contributed by atoms with van der Waals surface area (Å²) in [6.07, 6.45) is 0.180. The molecule has 3 rings (SSSR count). The summed E-state index contributed by atoms with van der Waals surface area (Å²) in [4.78, 5) is 40.2. The van der Waals surface area contributed by atoms with E-state index >= 15 is 0 Å². The highest BCUT2D eigenvalue weighted by Gasteiger charge is 2.34. The standard InChI is InChI=1S/C26H21Cl3FNO4/c1-35-24(33)4-2-3-23(32)31(20-12-9-18(28)10-13-20)25(21-14-11-19(30)15-22(21)29)26(34)16-5-7-17(27)8-6-16/h5-15,25H,2-4H2,1H3. The van der Waals surface area contributed by atoms with E-state index in [1.54, 1.807) is 36.4 Å². The largest absolute Gasteiger partial charge is 0.469 e. The van der Waals surface area contributed by atoms with Gasteiger partial charge in [0.1, 0.15) is 11.9 Å². The van der Waals surface area contributed by atoms with E-state index in [1.165, 1.54) is 36.3 Å². The number of halogens is 4. The Bertz CT molecular complexity index is 1220. The van der Waals surface area contributed by atoms with Gasteiger partial charge >= 0.3 is 5.97 Å². The van der Waals surface area contributed by atoms with Crippen LogP contribution in [0.5, 0.6) is 0 Å². The number of methoxy groups -OCH3 is 1. The molecule has 0 saturated carbocycles. The Morgan fingerprint density at radius 3 is 2.06 bits per heavy atom. The first kappa shape index (κ1) is 26.7.